The van der Waals surface area contributed by atoms with Gasteiger partial charge >= 0.3 is 5.63 Å². The van der Waals surface area contributed by atoms with E-state index in [9.17, 15) is 9.59 Å². The standard InChI is InChI=1S/C17H21ClN4O3/c1-11-7-14(12-3-2-4-19-8-12)25-17(24)15(11)16(23)20-5-6-22-10-13(18)9-21-22/h7,9-10,12,19H,2-6,8H2,1H3,(H,20,23). The molecule has 2 aromatic rings. The van der Waals surface area contributed by atoms with Crippen molar-refractivity contribution < 1.29 is 9.21 Å². The molecule has 7 nitrogen and oxygen atoms in total. The van der Waals surface area contributed by atoms with E-state index in [4.69, 9.17) is 16.0 Å². The van der Waals surface area contributed by atoms with Gasteiger partial charge in [-0.2, -0.15) is 5.10 Å². The maximum atomic E-state index is 12.3. The number of amides is 1. The van der Waals surface area contributed by atoms with E-state index in [1.807, 2.05) is 0 Å². The van der Waals surface area contributed by atoms with Gasteiger partial charge in [-0.3, -0.25) is 9.48 Å². The van der Waals surface area contributed by atoms with Gasteiger partial charge in [0, 0.05) is 25.2 Å². The molecule has 1 atom stereocenters. The molecule has 1 aliphatic heterocycles. The average molecular weight is 365 g/mol. The lowest BCUT2D eigenvalue weighted by molar-refractivity contribution is 0.0946. The fourth-order valence-electron chi connectivity index (χ4n) is 3.03. The van der Waals surface area contributed by atoms with E-state index in [1.54, 1.807) is 23.9 Å². The van der Waals surface area contributed by atoms with Gasteiger partial charge < -0.3 is 15.1 Å². The van der Waals surface area contributed by atoms with Gasteiger partial charge in [0.15, 0.2) is 0 Å². The molecule has 0 aliphatic carbocycles. The molecule has 2 aromatic heterocycles. The van der Waals surface area contributed by atoms with Crippen molar-refractivity contribution in [3.05, 3.63) is 50.8 Å². The van der Waals surface area contributed by atoms with Gasteiger partial charge in [0.1, 0.15) is 11.3 Å². The first kappa shape index (κ1) is 17.7. The first-order valence-corrected chi connectivity index (χ1v) is 8.74. The summed E-state index contributed by atoms with van der Waals surface area (Å²) in [6.45, 7) is 4.35. The number of nitrogens with one attached hydrogen (secondary N) is 2. The molecule has 1 fully saturated rings. The number of hydrogen-bond acceptors (Lipinski definition) is 5. The molecule has 134 valence electrons. The van der Waals surface area contributed by atoms with Crippen molar-refractivity contribution in [2.24, 2.45) is 0 Å². The molecule has 0 bridgehead atoms. The third-order valence-electron chi connectivity index (χ3n) is 4.32. The first-order chi connectivity index (χ1) is 12.0. The molecule has 1 unspecified atom stereocenters. The van der Waals surface area contributed by atoms with Crippen LogP contribution in [0.2, 0.25) is 5.02 Å². The molecule has 1 aliphatic rings. The fraction of sp³-hybridized carbons (Fsp3) is 0.471. The number of aromatic nitrogens is 2. The molecule has 25 heavy (non-hydrogen) atoms. The second kappa shape index (κ2) is 7.84. The summed E-state index contributed by atoms with van der Waals surface area (Å²) in [6.07, 6.45) is 5.22. The molecule has 1 saturated heterocycles. The molecular weight excluding hydrogens is 344 g/mol. The van der Waals surface area contributed by atoms with Gasteiger partial charge in [-0.1, -0.05) is 11.6 Å². The number of carbonyl (C=O) groups is 1. The van der Waals surface area contributed by atoms with Crippen LogP contribution in [0.5, 0.6) is 0 Å². The van der Waals surface area contributed by atoms with E-state index < -0.39 is 11.5 Å². The lowest BCUT2D eigenvalue weighted by Crippen LogP contribution is -2.33. The Morgan fingerprint density at radius 3 is 3.04 bits per heavy atom. The number of nitrogens with zero attached hydrogens (tertiary/aromatic N) is 2. The lowest BCUT2D eigenvalue weighted by Gasteiger charge is -2.22. The molecule has 3 heterocycles. The minimum absolute atomic E-state index is 0.0611. The Bertz CT molecular complexity index is 808. The van der Waals surface area contributed by atoms with Crippen molar-refractivity contribution in [2.75, 3.05) is 19.6 Å². The minimum atomic E-state index is -0.583. The molecule has 3 rings (SSSR count). The lowest BCUT2D eigenvalue weighted by atomic mass is 9.95. The Balaban J connectivity index is 1.66. The predicted molar refractivity (Wildman–Crippen MR) is 94.1 cm³/mol. The SMILES string of the molecule is Cc1cc(C2CCCNC2)oc(=O)c1C(=O)NCCn1cc(Cl)cn1. The van der Waals surface area contributed by atoms with E-state index in [1.165, 1.54) is 6.20 Å². The topological polar surface area (TPSA) is 89.2 Å². The number of piperidine rings is 1. The Morgan fingerprint density at radius 2 is 2.40 bits per heavy atom. The Labute approximate surface area is 150 Å². The summed E-state index contributed by atoms with van der Waals surface area (Å²) in [4.78, 5) is 24.6. The highest BCUT2D eigenvalue weighted by atomic mass is 35.5. The second-order valence-corrected chi connectivity index (χ2v) is 6.65. The number of rotatable bonds is 5. The molecule has 0 radical (unpaired) electrons. The van der Waals surface area contributed by atoms with E-state index in [0.29, 0.717) is 29.4 Å². The number of hydrogen-bond donors (Lipinski definition) is 2. The predicted octanol–water partition coefficient (Wildman–Crippen LogP) is 1.70. The summed E-state index contributed by atoms with van der Waals surface area (Å²) < 4.78 is 7.05. The van der Waals surface area contributed by atoms with Crippen LogP contribution < -0.4 is 16.3 Å². The zero-order chi connectivity index (χ0) is 17.8. The normalized spacial score (nSPS) is 17.4. The smallest absolute Gasteiger partial charge is 0.349 e. The first-order valence-electron chi connectivity index (χ1n) is 8.36. The maximum Gasteiger partial charge on any atom is 0.349 e. The van der Waals surface area contributed by atoms with Crippen LogP contribution in [0.3, 0.4) is 0 Å². The molecule has 0 spiro atoms. The third-order valence-corrected chi connectivity index (χ3v) is 4.52. The largest absolute Gasteiger partial charge is 0.427 e. The second-order valence-electron chi connectivity index (χ2n) is 6.22. The summed E-state index contributed by atoms with van der Waals surface area (Å²) in [5.74, 6) is 0.400. The Hall–Kier alpha value is -2.12. The highest BCUT2D eigenvalue weighted by Gasteiger charge is 2.22. The molecule has 0 saturated carbocycles. The average Bonchev–Trinajstić information content (AvgIpc) is 3.00. The third kappa shape index (κ3) is 4.29. The van der Waals surface area contributed by atoms with Gasteiger partial charge in [0.2, 0.25) is 0 Å². The van der Waals surface area contributed by atoms with Crippen LogP contribution in [0.4, 0.5) is 0 Å². The molecule has 1 amide bonds. The van der Waals surface area contributed by atoms with Gasteiger partial charge in [-0.05, 0) is 37.9 Å². The Kier molecular flexibility index (Phi) is 5.55. The summed E-state index contributed by atoms with van der Waals surface area (Å²) in [5, 5.41) is 10.6. The van der Waals surface area contributed by atoms with Crippen LogP contribution in [0.25, 0.3) is 0 Å². The number of carbonyl (C=O) groups excluding carboxylic acids is 1. The molecular formula is C17H21ClN4O3. The van der Waals surface area contributed by atoms with Crippen molar-refractivity contribution in [1.29, 1.82) is 0 Å². The van der Waals surface area contributed by atoms with Crippen molar-refractivity contribution in [1.82, 2.24) is 20.4 Å². The highest BCUT2D eigenvalue weighted by Crippen LogP contribution is 2.23. The van der Waals surface area contributed by atoms with Crippen LogP contribution >= 0.6 is 11.6 Å². The van der Waals surface area contributed by atoms with Gasteiger partial charge in [0.25, 0.3) is 5.91 Å². The summed E-state index contributed by atoms with van der Waals surface area (Å²) in [5.41, 5.74) is 0.114. The van der Waals surface area contributed by atoms with E-state index in [-0.39, 0.29) is 11.5 Å². The van der Waals surface area contributed by atoms with Gasteiger partial charge in [-0.25, -0.2) is 4.79 Å². The van der Waals surface area contributed by atoms with Gasteiger partial charge in [0.05, 0.1) is 17.8 Å². The van der Waals surface area contributed by atoms with Gasteiger partial charge in [-0.15, -0.1) is 0 Å². The highest BCUT2D eigenvalue weighted by molar-refractivity contribution is 6.30. The Morgan fingerprint density at radius 1 is 1.56 bits per heavy atom. The van der Waals surface area contributed by atoms with Crippen molar-refractivity contribution >= 4 is 17.5 Å². The molecule has 0 aromatic carbocycles. The minimum Gasteiger partial charge on any atom is -0.427 e. The summed E-state index contributed by atoms with van der Waals surface area (Å²) in [7, 11) is 0. The monoisotopic (exact) mass is 364 g/mol. The van der Waals surface area contributed by atoms with E-state index in [2.05, 4.69) is 15.7 Å². The summed E-state index contributed by atoms with van der Waals surface area (Å²) >= 11 is 5.79. The van der Waals surface area contributed by atoms with Crippen LogP contribution in [0.1, 0.15) is 40.4 Å². The zero-order valence-corrected chi connectivity index (χ0v) is 14.8. The van der Waals surface area contributed by atoms with E-state index >= 15 is 0 Å². The maximum absolute atomic E-state index is 12.3. The fourth-order valence-corrected chi connectivity index (χ4v) is 3.19. The van der Waals surface area contributed by atoms with Crippen molar-refractivity contribution in [3.8, 4) is 0 Å². The number of halogens is 1. The van der Waals surface area contributed by atoms with Crippen LogP contribution in [0.15, 0.2) is 27.7 Å². The van der Waals surface area contributed by atoms with E-state index in [0.717, 1.165) is 25.9 Å². The molecule has 8 heteroatoms. The quantitative estimate of drug-likeness (QED) is 0.842. The van der Waals surface area contributed by atoms with Crippen LogP contribution in [-0.2, 0) is 6.54 Å². The zero-order valence-electron chi connectivity index (χ0n) is 14.0. The van der Waals surface area contributed by atoms with Crippen molar-refractivity contribution in [2.45, 2.75) is 32.2 Å². The van der Waals surface area contributed by atoms with Crippen LogP contribution in [0, 0.1) is 6.92 Å². The summed E-state index contributed by atoms with van der Waals surface area (Å²) in [6, 6.07) is 1.81. The molecule has 2 N–H and O–H groups in total. The number of aryl methyl sites for hydroxylation is 1. The van der Waals surface area contributed by atoms with Crippen LogP contribution in [-0.4, -0.2) is 35.3 Å². The van der Waals surface area contributed by atoms with Crippen molar-refractivity contribution in [3.63, 3.8) is 0 Å².